The molecule has 0 unspecified atom stereocenters. The topological polar surface area (TPSA) is 90.9 Å². The van der Waals surface area contributed by atoms with Crippen LogP contribution in [-0.2, 0) is 0 Å². The van der Waals surface area contributed by atoms with Crippen molar-refractivity contribution in [2.24, 2.45) is 0 Å². The number of methoxy groups -OCH3 is 6. The molecule has 9 heteroatoms. The first-order chi connectivity index (χ1) is 15.0. The van der Waals surface area contributed by atoms with E-state index < -0.39 is 0 Å². The molecule has 0 aliphatic carbocycles. The number of hydrogen-bond acceptors (Lipinski definition) is 9. The van der Waals surface area contributed by atoms with Crippen LogP contribution in [0.1, 0.15) is 15.9 Å². The Hall–Kier alpha value is -3.75. The zero-order chi connectivity index (χ0) is 22.5. The van der Waals surface area contributed by atoms with Gasteiger partial charge in [-0.05, 0) is 18.2 Å². The van der Waals surface area contributed by atoms with Crippen molar-refractivity contribution in [3.05, 3.63) is 29.3 Å². The Morgan fingerprint density at radius 3 is 2.00 bits per heavy atom. The van der Waals surface area contributed by atoms with Crippen LogP contribution in [0.2, 0.25) is 0 Å². The molecule has 0 atom stereocenters. The van der Waals surface area contributed by atoms with E-state index in [1.54, 1.807) is 18.2 Å². The third-order valence-electron chi connectivity index (χ3n) is 4.69. The van der Waals surface area contributed by atoms with Crippen molar-refractivity contribution >= 4 is 11.9 Å². The summed E-state index contributed by atoms with van der Waals surface area (Å²) in [5.41, 5.74) is 0.751. The lowest BCUT2D eigenvalue weighted by Gasteiger charge is -2.17. The molecule has 0 radical (unpaired) electrons. The Morgan fingerprint density at radius 2 is 1.42 bits per heavy atom. The molecule has 0 bridgehead atoms. The lowest BCUT2D eigenvalue weighted by atomic mass is 10.0. The van der Waals surface area contributed by atoms with Gasteiger partial charge in [-0.2, -0.15) is 0 Å². The highest BCUT2D eigenvalue weighted by molar-refractivity contribution is 6.11. The van der Waals surface area contributed by atoms with Gasteiger partial charge in [-0.1, -0.05) is 0 Å². The summed E-state index contributed by atoms with van der Waals surface area (Å²) in [4.78, 5) is 13.1. The molecule has 166 valence electrons. The molecule has 31 heavy (non-hydrogen) atoms. The van der Waals surface area contributed by atoms with Gasteiger partial charge in [-0.15, -0.1) is 0 Å². The van der Waals surface area contributed by atoms with Crippen molar-refractivity contribution in [2.45, 2.75) is 0 Å². The lowest BCUT2D eigenvalue weighted by Crippen LogP contribution is -2.04. The van der Waals surface area contributed by atoms with Crippen LogP contribution in [0.4, 0.5) is 0 Å². The Bertz CT molecular complexity index is 1010. The standard InChI is InChI=1S/C22H24O9/c1-24-14-10-16-20(31-11-30-16)21(28-5)17(14)13(23)8-7-12-9-15(25-2)19(27-4)22(29-6)18(12)26-3/h7-10H,11H2,1-6H3/b8-7+. The van der Waals surface area contributed by atoms with Gasteiger partial charge in [0.05, 0.1) is 42.7 Å². The fourth-order valence-electron chi connectivity index (χ4n) is 3.31. The summed E-state index contributed by atoms with van der Waals surface area (Å²) in [7, 11) is 8.88. The second-order valence-corrected chi connectivity index (χ2v) is 6.19. The largest absolute Gasteiger partial charge is 0.496 e. The summed E-state index contributed by atoms with van der Waals surface area (Å²) in [5.74, 6) is 2.48. The van der Waals surface area contributed by atoms with Gasteiger partial charge >= 0.3 is 0 Å². The van der Waals surface area contributed by atoms with Crippen molar-refractivity contribution < 1.29 is 42.7 Å². The molecule has 0 amide bonds. The third kappa shape index (κ3) is 3.86. The van der Waals surface area contributed by atoms with E-state index in [4.69, 9.17) is 37.9 Å². The van der Waals surface area contributed by atoms with Gasteiger partial charge in [0.1, 0.15) is 11.3 Å². The molecule has 0 fully saturated rings. The number of ether oxygens (including phenoxy) is 8. The van der Waals surface area contributed by atoms with E-state index in [9.17, 15) is 4.79 Å². The minimum atomic E-state index is -0.372. The number of fused-ring (bicyclic) bond motifs is 1. The van der Waals surface area contributed by atoms with Crippen LogP contribution in [0.15, 0.2) is 18.2 Å². The number of benzene rings is 2. The number of hydrogen-bond donors (Lipinski definition) is 0. The number of carbonyl (C=O) groups is 1. The van der Waals surface area contributed by atoms with Crippen molar-refractivity contribution in [3.8, 4) is 46.0 Å². The summed E-state index contributed by atoms with van der Waals surface area (Å²) < 4.78 is 43.3. The highest BCUT2D eigenvalue weighted by atomic mass is 16.7. The normalized spacial score (nSPS) is 11.9. The number of carbonyl (C=O) groups excluding carboxylic acids is 1. The molecular weight excluding hydrogens is 408 g/mol. The van der Waals surface area contributed by atoms with Gasteiger partial charge in [0, 0.05) is 11.6 Å². The molecule has 0 spiro atoms. The van der Waals surface area contributed by atoms with Gasteiger partial charge in [0.25, 0.3) is 0 Å². The maximum atomic E-state index is 13.1. The maximum absolute atomic E-state index is 13.1. The second-order valence-electron chi connectivity index (χ2n) is 6.19. The molecule has 0 saturated carbocycles. The highest BCUT2D eigenvalue weighted by Crippen LogP contribution is 2.49. The maximum Gasteiger partial charge on any atom is 0.231 e. The monoisotopic (exact) mass is 432 g/mol. The molecular formula is C22H24O9. The van der Waals surface area contributed by atoms with Crippen LogP contribution in [0.3, 0.4) is 0 Å². The van der Waals surface area contributed by atoms with E-state index in [1.807, 2.05) is 0 Å². The quantitative estimate of drug-likeness (QED) is 0.437. The van der Waals surface area contributed by atoms with E-state index in [-0.39, 0.29) is 23.9 Å². The molecule has 0 saturated heterocycles. The Morgan fingerprint density at radius 1 is 0.774 bits per heavy atom. The average Bonchev–Trinajstić information content (AvgIpc) is 3.28. The van der Waals surface area contributed by atoms with Gasteiger partial charge in [0.15, 0.2) is 28.8 Å². The first kappa shape index (κ1) is 21.9. The van der Waals surface area contributed by atoms with Crippen LogP contribution in [0.25, 0.3) is 6.08 Å². The molecule has 0 aromatic heterocycles. The lowest BCUT2D eigenvalue weighted by molar-refractivity contribution is 0.104. The second kappa shape index (κ2) is 9.38. The van der Waals surface area contributed by atoms with Crippen LogP contribution < -0.4 is 37.9 Å². The number of ketones is 1. The van der Waals surface area contributed by atoms with Crippen LogP contribution in [-0.4, -0.2) is 55.2 Å². The van der Waals surface area contributed by atoms with Crippen molar-refractivity contribution in [3.63, 3.8) is 0 Å². The first-order valence-corrected chi connectivity index (χ1v) is 9.18. The van der Waals surface area contributed by atoms with E-state index in [2.05, 4.69) is 0 Å². The molecule has 1 heterocycles. The average molecular weight is 432 g/mol. The number of rotatable bonds is 9. The fourth-order valence-corrected chi connectivity index (χ4v) is 3.31. The first-order valence-electron chi connectivity index (χ1n) is 9.18. The Balaban J connectivity index is 2.08. The summed E-state index contributed by atoms with van der Waals surface area (Å²) >= 11 is 0. The van der Waals surface area contributed by atoms with Crippen LogP contribution in [0.5, 0.6) is 46.0 Å². The van der Waals surface area contributed by atoms with Gasteiger partial charge in [-0.3, -0.25) is 4.79 Å². The summed E-state index contributed by atoms with van der Waals surface area (Å²) in [6.07, 6.45) is 2.95. The number of allylic oxidation sites excluding steroid dienone is 1. The van der Waals surface area contributed by atoms with Gasteiger partial charge < -0.3 is 37.9 Å². The molecule has 1 aliphatic heterocycles. The summed E-state index contributed by atoms with van der Waals surface area (Å²) in [6.45, 7) is 0.0327. The molecule has 2 aromatic carbocycles. The van der Waals surface area contributed by atoms with Crippen LogP contribution >= 0.6 is 0 Å². The molecule has 1 aliphatic rings. The van der Waals surface area contributed by atoms with E-state index in [0.29, 0.717) is 45.8 Å². The Kier molecular flexibility index (Phi) is 6.64. The summed E-state index contributed by atoms with van der Waals surface area (Å²) in [5, 5.41) is 0. The minimum absolute atomic E-state index is 0.0327. The smallest absolute Gasteiger partial charge is 0.231 e. The zero-order valence-electron chi connectivity index (χ0n) is 18.2. The fraction of sp³-hybridized carbons (Fsp3) is 0.318. The molecule has 3 rings (SSSR count). The van der Waals surface area contributed by atoms with E-state index >= 15 is 0 Å². The molecule has 9 nitrogen and oxygen atoms in total. The predicted octanol–water partition coefficient (Wildman–Crippen LogP) is 3.36. The van der Waals surface area contributed by atoms with E-state index in [1.165, 1.54) is 48.7 Å². The highest BCUT2D eigenvalue weighted by Gasteiger charge is 2.29. The van der Waals surface area contributed by atoms with E-state index in [0.717, 1.165) is 0 Å². The van der Waals surface area contributed by atoms with Crippen LogP contribution in [0, 0.1) is 0 Å². The Labute approximate surface area is 180 Å². The third-order valence-corrected chi connectivity index (χ3v) is 4.69. The molecule has 0 N–H and O–H groups in total. The van der Waals surface area contributed by atoms with Gasteiger partial charge in [0.2, 0.25) is 24.0 Å². The van der Waals surface area contributed by atoms with Crippen molar-refractivity contribution in [1.29, 1.82) is 0 Å². The van der Waals surface area contributed by atoms with Gasteiger partial charge in [-0.25, -0.2) is 0 Å². The SMILES string of the molecule is COc1cc(/C=C/C(=O)c2c(OC)cc3c(c2OC)OCO3)c(OC)c(OC)c1OC. The van der Waals surface area contributed by atoms with Crippen molar-refractivity contribution in [2.75, 3.05) is 49.5 Å². The molecule has 2 aromatic rings. The predicted molar refractivity (Wildman–Crippen MR) is 112 cm³/mol. The minimum Gasteiger partial charge on any atom is -0.496 e. The zero-order valence-corrected chi connectivity index (χ0v) is 18.2. The van der Waals surface area contributed by atoms with Crippen molar-refractivity contribution in [1.82, 2.24) is 0 Å². The summed E-state index contributed by atoms with van der Waals surface area (Å²) in [6, 6.07) is 3.27.